The van der Waals surface area contributed by atoms with Crippen molar-refractivity contribution in [3.63, 3.8) is 0 Å². The van der Waals surface area contributed by atoms with Crippen LogP contribution in [0.5, 0.6) is 0 Å². The monoisotopic (exact) mass is 152 g/mol. The minimum absolute atomic E-state index is 0.175. The Hall–Kier alpha value is -0.760. The fraction of sp³-hybridized carbons (Fsp3) is 0.556. The Balaban J connectivity index is 2.38. The van der Waals surface area contributed by atoms with E-state index in [4.69, 9.17) is 4.42 Å². The molecule has 1 aliphatic carbocycles. The predicted molar refractivity (Wildman–Crippen MR) is 41.5 cm³/mol. The van der Waals surface area contributed by atoms with Gasteiger partial charge in [-0.3, -0.25) is 0 Å². The molecule has 2 heteroatoms. The molecule has 2 rings (SSSR count). The number of fused-ring (bicyclic) bond motifs is 1. The van der Waals surface area contributed by atoms with E-state index in [1.54, 1.807) is 6.26 Å². The van der Waals surface area contributed by atoms with E-state index in [9.17, 15) is 5.11 Å². The fourth-order valence-corrected chi connectivity index (χ4v) is 1.68. The van der Waals surface area contributed by atoms with Gasteiger partial charge in [-0.25, -0.2) is 0 Å². The summed E-state index contributed by atoms with van der Waals surface area (Å²) in [5, 5.41) is 9.48. The maximum absolute atomic E-state index is 9.48. The molecule has 11 heavy (non-hydrogen) atoms. The van der Waals surface area contributed by atoms with E-state index in [-0.39, 0.29) is 12.0 Å². The molecule has 2 nitrogen and oxygen atoms in total. The van der Waals surface area contributed by atoms with Gasteiger partial charge in [0.15, 0.2) is 0 Å². The Morgan fingerprint density at radius 1 is 1.64 bits per heavy atom. The first kappa shape index (κ1) is 6.92. The highest BCUT2D eigenvalue weighted by molar-refractivity contribution is 5.24. The van der Waals surface area contributed by atoms with Crippen LogP contribution >= 0.6 is 0 Å². The van der Waals surface area contributed by atoms with Gasteiger partial charge in [0.1, 0.15) is 5.76 Å². The van der Waals surface area contributed by atoms with Crippen molar-refractivity contribution in [2.75, 3.05) is 0 Å². The Bertz CT molecular complexity index is 252. The number of aliphatic hydroxyl groups excluding tert-OH is 1. The van der Waals surface area contributed by atoms with Gasteiger partial charge < -0.3 is 9.52 Å². The van der Waals surface area contributed by atoms with Gasteiger partial charge in [0, 0.05) is 5.92 Å². The van der Waals surface area contributed by atoms with Crippen LogP contribution in [0.2, 0.25) is 0 Å². The molecule has 1 aromatic rings. The minimum Gasteiger partial charge on any atom is -0.469 e. The van der Waals surface area contributed by atoms with Crippen LogP contribution in [0.25, 0.3) is 0 Å². The van der Waals surface area contributed by atoms with Crippen molar-refractivity contribution >= 4 is 0 Å². The predicted octanol–water partition coefficient (Wildman–Crippen LogP) is 1.69. The molecule has 0 aromatic carbocycles. The molecule has 0 saturated carbocycles. The summed E-state index contributed by atoms with van der Waals surface area (Å²) in [6.07, 6.45) is 3.32. The van der Waals surface area contributed by atoms with Gasteiger partial charge in [-0.05, 0) is 24.5 Å². The van der Waals surface area contributed by atoms with Gasteiger partial charge in [-0.2, -0.15) is 0 Å². The van der Waals surface area contributed by atoms with Crippen LogP contribution in [0.1, 0.15) is 30.6 Å². The lowest BCUT2D eigenvalue weighted by Crippen LogP contribution is -2.21. The zero-order valence-corrected chi connectivity index (χ0v) is 6.58. The molecular weight excluding hydrogens is 140 g/mol. The number of hydrogen-bond donors (Lipinski definition) is 1. The van der Waals surface area contributed by atoms with Crippen LogP contribution < -0.4 is 0 Å². The lowest BCUT2D eigenvalue weighted by molar-refractivity contribution is 0.122. The number of rotatable bonds is 0. The molecular formula is C9H12O2. The summed E-state index contributed by atoms with van der Waals surface area (Å²) >= 11 is 0. The average molecular weight is 152 g/mol. The number of hydrogen-bond acceptors (Lipinski definition) is 2. The third kappa shape index (κ3) is 0.979. The quantitative estimate of drug-likeness (QED) is 0.613. The van der Waals surface area contributed by atoms with Crippen LogP contribution in [0.4, 0.5) is 0 Å². The van der Waals surface area contributed by atoms with Gasteiger partial charge in [-0.15, -0.1) is 0 Å². The number of furan rings is 1. The Labute approximate surface area is 65.8 Å². The fourth-order valence-electron chi connectivity index (χ4n) is 1.68. The third-order valence-corrected chi connectivity index (χ3v) is 2.48. The summed E-state index contributed by atoms with van der Waals surface area (Å²) in [4.78, 5) is 0. The average Bonchev–Trinajstić information content (AvgIpc) is 2.45. The van der Waals surface area contributed by atoms with E-state index in [0.717, 1.165) is 18.6 Å². The van der Waals surface area contributed by atoms with Crippen molar-refractivity contribution in [1.82, 2.24) is 0 Å². The molecule has 0 unspecified atom stereocenters. The molecule has 0 saturated heterocycles. The minimum atomic E-state index is -0.214. The first-order valence-corrected chi connectivity index (χ1v) is 4.03. The molecule has 0 bridgehead atoms. The van der Waals surface area contributed by atoms with Crippen molar-refractivity contribution in [1.29, 1.82) is 0 Å². The smallest absolute Gasteiger partial charge is 0.112 e. The van der Waals surface area contributed by atoms with Gasteiger partial charge in [-0.1, -0.05) is 6.92 Å². The van der Waals surface area contributed by atoms with Crippen LogP contribution in [0, 0.1) is 0 Å². The molecule has 2 atom stereocenters. The molecule has 0 amide bonds. The van der Waals surface area contributed by atoms with E-state index in [1.807, 2.05) is 13.0 Å². The summed E-state index contributed by atoms with van der Waals surface area (Å²) < 4.78 is 5.28. The van der Waals surface area contributed by atoms with Crippen molar-refractivity contribution in [3.05, 3.63) is 23.7 Å². The lowest BCUT2D eigenvalue weighted by atomic mass is 9.87. The van der Waals surface area contributed by atoms with Crippen molar-refractivity contribution in [2.45, 2.75) is 31.8 Å². The summed E-state index contributed by atoms with van der Waals surface area (Å²) in [5.74, 6) is 1.15. The molecule has 60 valence electrons. The second-order valence-corrected chi connectivity index (χ2v) is 3.20. The zero-order chi connectivity index (χ0) is 7.84. The van der Waals surface area contributed by atoms with E-state index in [0.29, 0.717) is 0 Å². The summed E-state index contributed by atoms with van der Waals surface area (Å²) in [7, 11) is 0. The largest absolute Gasteiger partial charge is 0.469 e. The Kier molecular flexibility index (Phi) is 1.50. The van der Waals surface area contributed by atoms with E-state index < -0.39 is 0 Å². The highest BCUT2D eigenvalue weighted by atomic mass is 16.3. The van der Waals surface area contributed by atoms with Crippen molar-refractivity contribution in [3.8, 4) is 0 Å². The number of aliphatic hydroxyl groups is 1. The highest BCUT2D eigenvalue weighted by Gasteiger charge is 2.26. The molecule has 0 spiro atoms. The SMILES string of the molecule is C[C@H]1c2occc2CC[C@H]1O. The summed E-state index contributed by atoms with van der Waals surface area (Å²) in [6.45, 7) is 2.01. The van der Waals surface area contributed by atoms with E-state index >= 15 is 0 Å². The van der Waals surface area contributed by atoms with Gasteiger partial charge in [0.2, 0.25) is 0 Å². The molecule has 0 radical (unpaired) electrons. The molecule has 0 fully saturated rings. The second-order valence-electron chi connectivity index (χ2n) is 3.20. The first-order chi connectivity index (χ1) is 5.29. The maximum Gasteiger partial charge on any atom is 0.112 e. The normalized spacial score (nSPS) is 30.0. The number of aryl methyl sites for hydroxylation is 1. The summed E-state index contributed by atoms with van der Waals surface area (Å²) in [5.41, 5.74) is 1.27. The Morgan fingerprint density at radius 3 is 3.27 bits per heavy atom. The third-order valence-electron chi connectivity index (χ3n) is 2.48. The Morgan fingerprint density at radius 2 is 2.45 bits per heavy atom. The van der Waals surface area contributed by atoms with Crippen molar-refractivity contribution < 1.29 is 9.52 Å². The van der Waals surface area contributed by atoms with E-state index in [1.165, 1.54) is 5.56 Å². The summed E-state index contributed by atoms with van der Waals surface area (Å²) in [6, 6.07) is 2.00. The lowest BCUT2D eigenvalue weighted by Gasteiger charge is -2.22. The van der Waals surface area contributed by atoms with E-state index in [2.05, 4.69) is 0 Å². The topological polar surface area (TPSA) is 33.4 Å². The van der Waals surface area contributed by atoms with Crippen LogP contribution in [-0.2, 0) is 6.42 Å². The zero-order valence-electron chi connectivity index (χ0n) is 6.58. The standard InChI is InChI=1S/C9H12O2/c1-6-8(10)3-2-7-4-5-11-9(6)7/h4-6,8,10H,2-3H2,1H3/t6-,8-/m1/s1. The van der Waals surface area contributed by atoms with Crippen LogP contribution in [0.15, 0.2) is 16.7 Å². The van der Waals surface area contributed by atoms with Gasteiger partial charge in [0.05, 0.1) is 12.4 Å². The highest BCUT2D eigenvalue weighted by Crippen LogP contribution is 2.31. The first-order valence-electron chi connectivity index (χ1n) is 4.03. The van der Waals surface area contributed by atoms with Gasteiger partial charge >= 0.3 is 0 Å². The van der Waals surface area contributed by atoms with Crippen LogP contribution in [-0.4, -0.2) is 11.2 Å². The maximum atomic E-state index is 9.48. The van der Waals surface area contributed by atoms with Crippen molar-refractivity contribution in [2.24, 2.45) is 0 Å². The molecule has 1 aromatic heterocycles. The van der Waals surface area contributed by atoms with Gasteiger partial charge in [0.25, 0.3) is 0 Å². The molecule has 0 aliphatic heterocycles. The molecule has 1 heterocycles. The molecule has 1 aliphatic rings. The second kappa shape index (κ2) is 2.38. The molecule has 1 N–H and O–H groups in total. The van der Waals surface area contributed by atoms with Crippen LogP contribution in [0.3, 0.4) is 0 Å².